The van der Waals surface area contributed by atoms with E-state index in [4.69, 9.17) is 21.1 Å². The number of esters is 2. The molecular weight excluding hydrogens is 420 g/mol. The molecule has 3 rings (SSSR count). The number of rotatable bonds is 7. The highest BCUT2D eigenvalue weighted by Crippen LogP contribution is 2.46. The number of nitrogens with zero attached hydrogens (tertiary/aromatic N) is 2. The van der Waals surface area contributed by atoms with E-state index < -0.39 is 11.9 Å². The highest BCUT2D eigenvalue weighted by Gasteiger charge is 2.21. The van der Waals surface area contributed by atoms with Crippen molar-refractivity contribution in [1.82, 2.24) is 0 Å². The van der Waals surface area contributed by atoms with Gasteiger partial charge >= 0.3 is 11.9 Å². The summed E-state index contributed by atoms with van der Waals surface area (Å²) in [5.74, 6) is -1.29. The SMILES string of the molecule is CCOC(=O)c1ccc(N=Nc2c(OC(=O)CCl)c(CC)c(O)c3ccccc23)cc1. The van der Waals surface area contributed by atoms with Crippen molar-refractivity contribution in [1.29, 1.82) is 0 Å². The Morgan fingerprint density at radius 3 is 2.29 bits per heavy atom. The summed E-state index contributed by atoms with van der Waals surface area (Å²) in [6.45, 7) is 3.86. The van der Waals surface area contributed by atoms with E-state index in [-0.39, 0.29) is 24.0 Å². The lowest BCUT2D eigenvalue weighted by Crippen LogP contribution is -2.10. The molecule has 3 aromatic carbocycles. The van der Waals surface area contributed by atoms with Crippen molar-refractivity contribution in [2.24, 2.45) is 10.2 Å². The van der Waals surface area contributed by atoms with E-state index in [1.54, 1.807) is 55.5 Å². The van der Waals surface area contributed by atoms with Crippen LogP contribution in [0.25, 0.3) is 10.8 Å². The number of benzene rings is 3. The van der Waals surface area contributed by atoms with Crippen molar-refractivity contribution in [2.45, 2.75) is 20.3 Å². The van der Waals surface area contributed by atoms with E-state index in [1.807, 2.05) is 6.92 Å². The Bertz CT molecular complexity index is 1140. The Morgan fingerprint density at radius 2 is 1.68 bits per heavy atom. The second-order valence-corrected chi connectivity index (χ2v) is 6.75. The number of halogens is 1. The standard InChI is InChI=1S/C23H21ClN2O5/c1-3-16-21(28)18-8-6-5-7-17(18)20(22(16)31-19(27)13-24)26-25-15-11-9-14(10-12-15)23(29)30-4-2/h5-12,28H,3-4,13H2,1-2H3. The highest BCUT2D eigenvalue weighted by atomic mass is 35.5. The van der Waals surface area contributed by atoms with Gasteiger partial charge in [0.2, 0.25) is 0 Å². The number of phenols is 1. The van der Waals surface area contributed by atoms with Crippen molar-refractivity contribution >= 4 is 45.7 Å². The molecule has 0 heterocycles. The highest BCUT2D eigenvalue weighted by molar-refractivity contribution is 6.26. The molecule has 31 heavy (non-hydrogen) atoms. The van der Waals surface area contributed by atoms with Crippen LogP contribution in [-0.2, 0) is 16.0 Å². The van der Waals surface area contributed by atoms with Crippen LogP contribution in [-0.4, -0.2) is 29.5 Å². The molecule has 8 heteroatoms. The molecule has 0 aromatic heterocycles. The van der Waals surface area contributed by atoms with E-state index in [9.17, 15) is 14.7 Å². The number of ether oxygens (including phenoxy) is 2. The number of alkyl halides is 1. The summed E-state index contributed by atoms with van der Waals surface area (Å²) in [4.78, 5) is 23.7. The quantitative estimate of drug-likeness (QED) is 0.215. The van der Waals surface area contributed by atoms with Crippen LogP contribution in [0.1, 0.15) is 29.8 Å². The number of carbonyl (C=O) groups excluding carboxylic acids is 2. The number of hydrogen-bond acceptors (Lipinski definition) is 7. The molecule has 0 amide bonds. The first kappa shape index (κ1) is 22.2. The minimum absolute atomic E-state index is 0.0215. The van der Waals surface area contributed by atoms with Gasteiger partial charge in [0.25, 0.3) is 0 Å². The number of aromatic hydroxyl groups is 1. The predicted molar refractivity (Wildman–Crippen MR) is 118 cm³/mol. The van der Waals surface area contributed by atoms with E-state index >= 15 is 0 Å². The topological polar surface area (TPSA) is 97.5 Å². The number of fused-ring (bicyclic) bond motifs is 1. The molecule has 0 fully saturated rings. The number of phenolic OH excluding ortho intramolecular Hbond substituents is 1. The van der Waals surface area contributed by atoms with Crippen LogP contribution < -0.4 is 4.74 Å². The summed E-state index contributed by atoms with van der Waals surface area (Å²) in [7, 11) is 0. The monoisotopic (exact) mass is 440 g/mol. The number of hydrogen-bond donors (Lipinski definition) is 1. The van der Waals surface area contributed by atoms with Gasteiger partial charge in [-0.1, -0.05) is 31.2 Å². The van der Waals surface area contributed by atoms with Crippen molar-refractivity contribution in [3.8, 4) is 11.5 Å². The second-order valence-electron chi connectivity index (χ2n) is 6.48. The molecule has 1 N–H and O–H groups in total. The third-order valence-electron chi connectivity index (χ3n) is 4.53. The van der Waals surface area contributed by atoms with Crippen molar-refractivity contribution in [2.75, 3.05) is 12.5 Å². The van der Waals surface area contributed by atoms with E-state index in [0.29, 0.717) is 39.7 Å². The van der Waals surface area contributed by atoms with E-state index in [2.05, 4.69) is 10.2 Å². The van der Waals surface area contributed by atoms with Gasteiger partial charge in [0.15, 0.2) is 5.75 Å². The lowest BCUT2D eigenvalue weighted by Gasteiger charge is -2.15. The minimum Gasteiger partial charge on any atom is -0.507 e. The van der Waals surface area contributed by atoms with Crippen LogP contribution in [0.5, 0.6) is 11.5 Å². The Balaban J connectivity index is 2.09. The van der Waals surface area contributed by atoms with Gasteiger partial charge in [0, 0.05) is 16.3 Å². The maximum absolute atomic E-state index is 11.9. The average molecular weight is 441 g/mol. The summed E-state index contributed by atoms with van der Waals surface area (Å²) in [5, 5.41) is 20.4. The average Bonchev–Trinajstić information content (AvgIpc) is 2.79. The second kappa shape index (κ2) is 10.0. The van der Waals surface area contributed by atoms with Crippen molar-refractivity contribution < 1.29 is 24.2 Å². The van der Waals surface area contributed by atoms with Gasteiger partial charge in [0.1, 0.15) is 17.3 Å². The zero-order valence-corrected chi connectivity index (χ0v) is 17.8. The molecule has 0 aliphatic carbocycles. The van der Waals surface area contributed by atoms with E-state index in [1.165, 1.54) is 0 Å². The van der Waals surface area contributed by atoms with Crippen LogP contribution in [0.3, 0.4) is 0 Å². The van der Waals surface area contributed by atoms with Gasteiger partial charge in [-0.05, 0) is 37.6 Å². The Kier molecular flexibility index (Phi) is 7.20. The van der Waals surface area contributed by atoms with Crippen LogP contribution in [0.4, 0.5) is 11.4 Å². The maximum Gasteiger partial charge on any atom is 0.338 e. The van der Waals surface area contributed by atoms with Crippen molar-refractivity contribution in [3.63, 3.8) is 0 Å². The van der Waals surface area contributed by atoms with Crippen molar-refractivity contribution in [3.05, 3.63) is 59.7 Å². The molecular formula is C23H21ClN2O5. The fourth-order valence-corrected chi connectivity index (χ4v) is 3.15. The predicted octanol–water partition coefficient (Wildman–Crippen LogP) is 5.84. The van der Waals surface area contributed by atoms with Crippen LogP contribution in [0.15, 0.2) is 58.8 Å². The lowest BCUT2D eigenvalue weighted by atomic mass is 10.0. The maximum atomic E-state index is 11.9. The first-order chi connectivity index (χ1) is 15.0. The fourth-order valence-electron chi connectivity index (χ4n) is 3.10. The molecule has 0 atom stereocenters. The van der Waals surface area contributed by atoms with Gasteiger partial charge in [-0.25, -0.2) is 4.79 Å². The van der Waals surface area contributed by atoms with Gasteiger partial charge < -0.3 is 14.6 Å². The molecule has 0 aliphatic heterocycles. The first-order valence-corrected chi connectivity index (χ1v) is 10.3. The molecule has 3 aromatic rings. The van der Waals surface area contributed by atoms with E-state index in [0.717, 1.165) is 0 Å². The van der Waals surface area contributed by atoms with Gasteiger partial charge in [0.05, 0.1) is 17.9 Å². The largest absolute Gasteiger partial charge is 0.507 e. The van der Waals surface area contributed by atoms with Gasteiger partial charge in [-0.3, -0.25) is 4.79 Å². The Morgan fingerprint density at radius 1 is 1.00 bits per heavy atom. The summed E-state index contributed by atoms with van der Waals surface area (Å²) in [6.07, 6.45) is 0.401. The molecule has 7 nitrogen and oxygen atoms in total. The lowest BCUT2D eigenvalue weighted by molar-refractivity contribution is -0.131. The zero-order valence-electron chi connectivity index (χ0n) is 17.1. The third kappa shape index (κ3) is 4.83. The van der Waals surface area contributed by atoms with Gasteiger partial charge in [-0.15, -0.1) is 16.7 Å². The molecule has 0 aliphatic rings. The summed E-state index contributed by atoms with van der Waals surface area (Å²) in [6, 6.07) is 13.5. The molecule has 0 unspecified atom stereocenters. The van der Waals surface area contributed by atoms with Crippen LogP contribution >= 0.6 is 11.6 Å². The molecule has 0 bridgehead atoms. The summed E-state index contributed by atoms with van der Waals surface area (Å²) < 4.78 is 10.4. The smallest absolute Gasteiger partial charge is 0.338 e. The van der Waals surface area contributed by atoms with Crippen LogP contribution in [0.2, 0.25) is 0 Å². The molecule has 0 saturated heterocycles. The van der Waals surface area contributed by atoms with Crippen LogP contribution in [0, 0.1) is 0 Å². The number of carbonyl (C=O) groups is 2. The Hall–Kier alpha value is -3.45. The van der Waals surface area contributed by atoms with Gasteiger partial charge in [-0.2, -0.15) is 5.11 Å². The fraction of sp³-hybridized carbons (Fsp3) is 0.217. The third-order valence-corrected chi connectivity index (χ3v) is 4.75. The summed E-state index contributed by atoms with van der Waals surface area (Å²) >= 11 is 5.61. The Labute approximate surface area is 184 Å². The molecule has 0 spiro atoms. The minimum atomic E-state index is -0.665. The summed E-state index contributed by atoms with van der Waals surface area (Å²) in [5.41, 5.74) is 1.63. The normalized spacial score (nSPS) is 11.1. The molecule has 160 valence electrons. The molecule has 0 radical (unpaired) electrons. The first-order valence-electron chi connectivity index (χ1n) is 9.72. The zero-order chi connectivity index (χ0) is 22.4. The molecule has 0 saturated carbocycles. The number of azo groups is 1.